The first-order valence-corrected chi connectivity index (χ1v) is 11.2. The molecule has 0 saturated carbocycles. The van der Waals surface area contributed by atoms with Gasteiger partial charge in [-0.3, -0.25) is 4.79 Å². The van der Waals surface area contributed by atoms with Crippen molar-refractivity contribution < 1.29 is 13.2 Å². The molecule has 28 heavy (non-hydrogen) atoms. The van der Waals surface area contributed by atoms with Gasteiger partial charge in [0.15, 0.2) is 0 Å². The largest absolute Gasteiger partial charge is 0.326 e. The summed E-state index contributed by atoms with van der Waals surface area (Å²) < 4.78 is 27.7. The zero-order chi connectivity index (χ0) is 20.3. The lowest BCUT2D eigenvalue weighted by atomic mass is 10.0. The van der Waals surface area contributed by atoms with Crippen LogP contribution in [0.4, 0.5) is 5.69 Å². The third-order valence-electron chi connectivity index (χ3n) is 5.08. The van der Waals surface area contributed by atoms with E-state index >= 15 is 0 Å². The van der Waals surface area contributed by atoms with E-state index in [9.17, 15) is 13.2 Å². The van der Waals surface area contributed by atoms with Crippen LogP contribution in [0, 0.1) is 13.8 Å². The second-order valence-corrected chi connectivity index (χ2v) is 9.59. The molecule has 0 spiro atoms. The molecular formula is C21H25ClN2O3S. The number of hydrogen-bond acceptors (Lipinski definition) is 3. The maximum absolute atomic E-state index is 13.1. The Labute approximate surface area is 171 Å². The van der Waals surface area contributed by atoms with Crippen LogP contribution < -0.4 is 5.32 Å². The van der Waals surface area contributed by atoms with E-state index in [2.05, 4.69) is 5.32 Å². The van der Waals surface area contributed by atoms with Gasteiger partial charge in [0.1, 0.15) is 0 Å². The Bertz CT molecular complexity index is 958. The molecule has 150 valence electrons. The fourth-order valence-electron chi connectivity index (χ4n) is 3.44. The second-order valence-electron chi connectivity index (χ2n) is 7.29. The van der Waals surface area contributed by atoms with Gasteiger partial charge in [-0.2, -0.15) is 4.31 Å². The standard InChI is InChI=1S/C21H25ClN2O3S/c1-15-6-10-19(11-7-15)28(26,27)24-12-4-3-5-18(24)14-21(25)23-17-9-8-16(2)20(22)13-17/h6-11,13,18H,3-5,12,14H2,1-2H3,(H,23,25)/t18-/m0/s1. The maximum atomic E-state index is 13.1. The van der Waals surface area contributed by atoms with Crippen molar-refractivity contribution in [3.8, 4) is 0 Å². The highest BCUT2D eigenvalue weighted by molar-refractivity contribution is 7.89. The van der Waals surface area contributed by atoms with E-state index in [1.54, 1.807) is 36.4 Å². The average molecular weight is 421 g/mol. The number of sulfonamides is 1. The van der Waals surface area contributed by atoms with Crippen LogP contribution in [0.3, 0.4) is 0 Å². The van der Waals surface area contributed by atoms with Crippen LogP contribution in [-0.4, -0.2) is 31.2 Å². The summed E-state index contributed by atoms with van der Waals surface area (Å²) in [6, 6.07) is 11.8. The van der Waals surface area contributed by atoms with Crippen molar-refractivity contribution in [3.05, 3.63) is 58.6 Å². The first-order chi connectivity index (χ1) is 13.3. The van der Waals surface area contributed by atoms with E-state index in [4.69, 9.17) is 11.6 Å². The van der Waals surface area contributed by atoms with E-state index in [0.717, 1.165) is 24.0 Å². The normalized spacial score (nSPS) is 18.0. The minimum atomic E-state index is -3.63. The first-order valence-electron chi connectivity index (χ1n) is 9.42. The molecule has 5 nitrogen and oxygen atoms in total. The first kappa shape index (κ1) is 20.8. The van der Waals surface area contributed by atoms with Gasteiger partial charge in [-0.15, -0.1) is 0 Å². The number of rotatable bonds is 5. The predicted octanol–water partition coefficient (Wildman–Crippen LogP) is 4.53. The number of carbonyl (C=O) groups is 1. The molecule has 2 aromatic carbocycles. The molecule has 7 heteroatoms. The minimum Gasteiger partial charge on any atom is -0.326 e. The molecule has 1 aliphatic rings. The highest BCUT2D eigenvalue weighted by atomic mass is 35.5. The van der Waals surface area contributed by atoms with Gasteiger partial charge in [0, 0.05) is 29.7 Å². The summed E-state index contributed by atoms with van der Waals surface area (Å²) >= 11 is 6.11. The molecule has 1 saturated heterocycles. The molecule has 1 atom stereocenters. The number of anilines is 1. The number of nitrogens with zero attached hydrogens (tertiary/aromatic N) is 1. The third kappa shape index (κ3) is 4.74. The number of nitrogens with one attached hydrogen (secondary N) is 1. The number of amides is 1. The molecule has 0 aromatic heterocycles. The summed E-state index contributed by atoms with van der Waals surface area (Å²) in [6.07, 6.45) is 2.51. The summed E-state index contributed by atoms with van der Waals surface area (Å²) in [7, 11) is -3.63. The van der Waals surface area contributed by atoms with Crippen molar-refractivity contribution >= 4 is 33.2 Å². The zero-order valence-corrected chi connectivity index (χ0v) is 17.7. The molecule has 0 radical (unpaired) electrons. The van der Waals surface area contributed by atoms with Gasteiger partial charge < -0.3 is 5.32 Å². The van der Waals surface area contributed by atoms with Gasteiger partial charge in [0.05, 0.1) is 4.90 Å². The van der Waals surface area contributed by atoms with Crippen molar-refractivity contribution in [1.29, 1.82) is 0 Å². The SMILES string of the molecule is Cc1ccc(S(=O)(=O)N2CCCC[C@H]2CC(=O)Nc2ccc(C)c(Cl)c2)cc1. The fraction of sp³-hybridized carbons (Fsp3) is 0.381. The van der Waals surface area contributed by atoms with Crippen LogP contribution in [0.1, 0.15) is 36.8 Å². The van der Waals surface area contributed by atoms with E-state index < -0.39 is 10.0 Å². The molecule has 1 heterocycles. The van der Waals surface area contributed by atoms with Crippen LogP contribution in [0.2, 0.25) is 5.02 Å². The Balaban J connectivity index is 1.74. The lowest BCUT2D eigenvalue weighted by molar-refractivity contribution is -0.117. The Morgan fingerprint density at radius 3 is 2.54 bits per heavy atom. The van der Waals surface area contributed by atoms with E-state index in [1.165, 1.54) is 4.31 Å². The van der Waals surface area contributed by atoms with Crippen molar-refractivity contribution in [3.63, 3.8) is 0 Å². The van der Waals surface area contributed by atoms with E-state index in [-0.39, 0.29) is 23.3 Å². The average Bonchev–Trinajstić information content (AvgIpc) is 2.65. The zero-order valence-electron chi connectivity index (χ0n) is 16.1. The summed E-state index contributed by atoms with van der Waals surface area (Å²) in [4.78, 5) is 12.8. The van der Waals surface area contributed by atoms with Crippen LogP contribution in [0.15, 0.2) is 47.4 Å². The minimum absolute atomic E-state index is 0.122. The quantitative estimate of drug-likeness (QED) is 0.772. The molecule has 1 amide bonds. The molecule has 1 fully saturated rings. The van der Waals surface area contributed by atoms with Gasteiger partial charge in [-0.25, -0.2) is 8.42 Å². The highest BCUT2D eigenvalue weighted by Gasteiger charge is 2.34. The molecular weight excluding hydrogens is 396 g/mol. The van der Waals surface area contributed by atoms with Crippen molar-refractivity contribution in [2.24, 2.45) is 0 Å². The molecule has 3 rings (SSSR count). The number of hydrogen-bond donors (Lipinski definition) is 1. The molecule has 1 aliphatic heterocycles. The number of benzene rings is 2. The highest BCUT2D eigenvalue weighted by Crippen LogP contribution is 2.28. The molecule has 2 aromatic rings. The van der Waals surface area contributed by atoms with Crippen LogP contribution >= 0.6 is 11.6 Å². The molecule has 0 aliphatic carbocycles. The van der Waals surface area contributed by atoms with Gasteiger partial charge in [-0.1, -0.05) is 41.8 Å². The summed E-state index contributed by atoms with van der Waals surface area (Å²) in [6.45, 7) is 4.25. The van der Waals surface area contributed by atoms with Crippen LogP contribution in [0.5, 0.6) is 0 Å². The van der Waals surface area contributed by atoms with Gasteiger partial charge in [0.25, 0.3) is 0 Å². The second kappa shape index (κ2) is 8.64. The number of piperidine rings is 1. The summed E-state index contributed by atoms with van der Waals surface area (Å²) in [5, 5.41) is 3.41. The molecule has 0 unspecified atom stereocenters. The smallest absolute Gasteiger partial charge is 0.243 e. The number of aryl methyl sites for hydroxylation is 2. The Hall–Kier alpha value is -1.89. The number of halogens is 1. The van der Waals surface area contributed by atoms with Crippen LogP contribution in [-0.2, 0) is 14.8 Å². The summed E-state index contributed by atoms with van der Waals surface area (Å²) in [5.74, 6) is -0.212. The Morgan fingerprint density at radius 2 is 1.86 bits per heavy atom. The topological polar surface area (TPSA) is 66.5 Å². The van der Waals surface area contributed by atoms with Gasteiger partial charge in [-0.05, 0) is 56.5 Å². The lowest BCUT2D eigenvalue weighted by Gasteiger charge is -2.34. The Kier molecular flexibility index (Phi) is 6.43. The lowest BCUT2D eigenvalue weighted by Crippen LogP contribution is -2.45. The van der Waals surface area contributed by atoms with Gasteiger partial charge >= 0.3 is 0 Å². The van der Waals surface area contributed by atoms with Crippen LogP contribution in [0.25, 0.3) is 0 Å². The van der Waals surface area contributed by atoms with Crippen molar-refractivity contribution in [2.75, 3.05) is 11.9 Å². The van der Waals surface area contributed by atoms with Crippen molar-refractivity contribution in [1.82, 2.24) is 4.31 Å². The molecule has 0 bridgehead atoms. The fourth-order valence-corrected chi connectivity index (χ4v) is 5.31. The van der Waals surface area contributed by atoms with E-state index in [1.807, 2.05) is 19.9 Å². The van der Waals surface area contributed by atoms with E-state index in [0.29, 0.717) is 23.7 Å². The monoisotopic (exact) mass is 420 g/mol. The predicted molar refractivity (Wildman–Crippen MR) is 112 cm³/mol. The van der Waals surface area contributed by atoms with Crippen molar-refractivity contribution in [2.45, 2.75) is 50.5 Å². The maximum Gasteiger partial charge on any atom is 0.243 e. The number of carbonyl (C=O) groups excluding carboxylic acids is 1. The van der Waals surface area contributed by atoms with Gasteiger partial charge in [0.2, 0.25) is 15.9 Å². The Morgan fingerprint density at radius 1 is 1.14 bits per heavy atom. The third-order valence-corrected chi connectivity index (χ3v) is 7.45. The summed E-state index contributed by atoms with van der Waals surface area (Å²) in [5.41, 5.74) is 2.55. The molecule has 1 N–H and O–H groups in total.